The van der Waals surface area contributed by atoms with Crippen molar-refractivity contribution < 1.29 is 23.9 Å². The second kappa shape index (κ2) is 9.54. The van der Waals surface area contributed by atoms with Crippen LogP contribution in [0.25, 0.3) is 0 Å². The van der Waals surface area contributed by atoms with Crippen molar-refractivity contribution in [1.29, 1.82) is 0 Å². The van der Waals surface area contributed by atoms with Gasteiger partial charge in [-0.05, 0) is 43.3 Å². The summed E-state index contributed by atoms with van der Waals surface area (Å²) >= 11 is 5.84. The predicted octanol–water partition coefficient (Wildman–Crippen LogP) is 3.00. The first-order valence-electron chi connectivity index (χ1n) is 9.16. The van der Waals surface area contributed by atoms with Crippen molar-refractivity contribution >= 4 is 35.1 Å². The summed E-state index contributed by atoms with van der Waals surface area (Å²) in [4.78, 5) is 38.8. The number of morpholine rings is 1. The molecule has 3 rings (SSSR count). The van der Waals surface area contributed by atoms with Crippen LogP contribution in [-0.4, -0.2) is 55.1 Å². The Hall–Kier alpha value is -2.90. The molecule has 0 spiro atoms. The number of ether oxygens (including phenoxy) is 2. The zero-order valence-corrected chi connectivity index (χ0v) is 16.6. The van der Waals surface area contributed by atoms with Gasteiger partial charge in [-0.3, -0.25) is 9.59 Å². The van der Waals surface area contributed by atoms with Crippen molar-refractivity contribution in [3.8, 4) is 0 Å². The average Bonchev–Trinajstić information content (AvgIpc) is 2.72. The van der Waals surface area contributed by atoms with Gasteiger partial charge in [-0.1, -0.05) is 23.7 Å². The number of nitrogens with zero attached hydrogens (tertiary/aromatic N) is 1. The summed E-state index contributed by atoms with van der Waals surface area (Å²) in [5, 5.41) is 3.21. The molecule has 0 saturated carbocycles. The van der Waals surface area contributed by atoms with E-state index in [0.29, 0.717) is 36.0 Å². The van der Waals surface area contributed by atoms with E-state index in [1.54, 1.807) is 47.4 Å². The fourth-order valence-corrected chi connectivity index (χ4v) is 3.03. The number of carbonyl (C=O) groups excluding carboxylic acids is 3. The van der Waals surface area contributed by atoms with Gasteiger partial charge in [0.2, 0.25) is 0 Å². The second-order valence-corrected chi connectivity index (χ2v) is 7.04. The van der Waals surface area contributed by atoms with E-state index in [0.717, 1.165) is 0 Å². The Morgan fingerprint density at radius 2 is 1.90 bits per heavy atom. The first kappa shape index (κ1) is 20.8. The van der Waals surface area contributed by atoms with E-state index in [9.17, 15) is 14.4 Å². The van der Waals surface area contributed by atoms with Crippen LogP contribution in [0.4, 0.5) is 5.69 Å². The topological polar surface area (TPSA) is 84.9 Å². The number of carbonyl (C=O) groups is 3. The molecule has 0 bridgehead atoms. The molecular weight excluding hydrogens is 396 g/mol. The van der Waals surface area contributed by atoms with Crippen LogP contribution in [0.2, 0.25) is 5.02 Å². The van der Waals surface area contributed by atoms with Crippen molar-refractivity contribution in [3.63, 3.8) is 0 Å². The molecule has 2 aromatic carbocycles. The van der Waals surface area contributed by atoms with Gasteiger partial charge < -0.3 is 19.7 Å². The smallest absolute Gasteiger partial charge is 0.340 e. The van der Waals surface area contributed by atoms with E-state index in [2.05, 4.69) is 5.32 Å². The van der Waals surface area contributed by atoms with E-state index in [4.69, 9.17) is 21.1 Å². The number of amides is 2. The quantitative estimate of drug-likeness (QED) is 0.757. The standard InChI is InChI=1S/C21H21ClN2O5/c1-14-12-24(10-11-28-14)19(25)13-29-21(27)17-4-2-3-5-18(17)23-20(26)15-6-8-16(22)9-7-15/h2-9,14H,10-13H2,1H3,(H,23,26)/t14-/m0/s1. The van der Waals surface area contributed by atoms with Crippen molar-refractivity contribution in [3.05, 3.63) is 64.7 Å². The maximum absolute atomic E-state index is 12.5. The number of para-hydroxylation sites is 1. The first-order valence-corrected chi connectivity index (χ1v) is 9.54. The third-order valence-electron chi connectivity index (χ3n) is 4.42. The van der Waals surface area contributed by atoms with Gasteiger partial charge >= 0.3 is 5.97 Å². The lowest BCUT2D eigenvalue weighted by atomic mass is 10.1. The van der Waals surface area contributed by atoms with Crippen molar-refractivity contribution in [2.75, 3.05) is 31.6 Å². The third kappa shape index (κ3) is 5.56. The van der Waals surface area contributed by atoms with Gasteiger partial charge in [0.05, 0.1) is 24.0 Å². The molecule has 1 aliphatic heterocycles. The number of halogens is 1. The largest absolute Gasteiger partial charge is 0.452 e. The van der Waals surface area contributed by atoms with E-state index < -0.39 is 5.97 Å². The summed E-state index contributed by atoms with van der Waals surface area (Å²) in [5.74, 6) is -1.36. The highest BCUT2D eigenvalue weighted by molar-refractivity contribution is 6.30. The van der Waals surface area contributed by atoms with Gasteiger partial charge in [0.1, 0.15) is 0 Å². The molecule has 8 heteroatoms. The summed E-state index contributed by atoms with van der Waals surface area (Å²) < 4.78 is 10.6. The fraction of sp³-hybridized carbons (Fsp3) is 0.286. The van der Waals surface area contributed by atoms with Crippen LogP contribution < -0.4 is 5.32 Å². The minimum atomic E-state index is -0.688. The molecule has 0 unspecified atom stereocenters. The lowest BCUT2D eigenvalue weighted by Gasteiger charge is -2.30. The minimum absolute atomic E-state index is 0.0489. The van der Waals surface area contributed by atoms with Gasteiger partial charge in [0, 0.05) is 23.7 Å². The number of nitrogens with one attached hydrogen (secondary N) is 1. The maximum atomic E-state index is 12.5. The molecule has 1 atom stereocenters. The zero-order valence-electron chi connectivity index (χ0n) is 15.9. The molecule has 1 N–H and O–H groups in total. The SMILES string of the molecule is C[C@H]1CN(C(=O)COC(=O)c2ccccc2NC(=O)c2ccc(Cl)cc2)CCO1. The molecule has 2 aromatic rings. The Bertz CT molecular complexity index is 900. The fourth-order valence-electron chi connectivity index (χ4n) is 2.91. The molecule has 1 saturated heterocycles. The molecule has 1 fully saturated rings. The summed E-state index contributed by atoms with van der Waals surface area (Å²) in [6.45, 7) is 2.90. The van der Waals surface area contributed by atoms with Crippen LogP contribution in [0.3, 0.4) is 0 Å². The average molecular weight is 417 g/mol. The van der Waals surface area contributed by atoms with E-state index in [1.165, 1.54) is 6.07 Å². The highest BCUT2D eigenvalue weighted by Gasteiger charge is 2.23. The molecule has 152 valence electrons. The van der Waals surface area contributed by atoms with E-state index in [1.807, 2.05) is 6.92 Å². The lowest BCUT2D eigenvalue weighted by Crippen LogP contribution is -2.46. The van der Waals surface area contributed by atoms with Crippen LogP contribution in [0.5, 0.6) is 0 Å². The number of hydrogen-bond acceptors (Lipinski definition) is 5. The summed E-state index contributed by atoms with van der Waals surface area (Å²) in [6.07, 6.45) is -0.0489. The molecule has 29 heavy (non-hydrogen) atoms. The van der Waals surface area contributed by atoms with Crippen molar-refractivity contribution in [2.24, 2.45) is 0 Å². The predicted molar refractivity (Wildman–Crippen MR) is 108 cm³/mol. The Morgan fingerprint density at radius 3 is 2.62 bits per heavy atom. The van der Waals surface area contributed by atoms with Gasteiger partial charge in [-0.15, -0.1) is 0 Å². The number of rotatable bonds is 5. The van der Waals surface area contributed by atoms with Gasteiger partial charge in [-0.25, -0.2) is 4.79 Å². The zero-order chi connectivity index (χ0) is 20.8. The maximum Gasteiger partial charge on any atom is 0.340 e. The third-order valence-corrected chi connectivity index (χ3v) is 4.67. The Kier molecular flexibility index (Phi) is 6.85. The van der Waals surface area contributed by atoms with Crippen LogP contribution in [0.15, 0.2) is 48.5 Å². The molecular formula is C21H21ClN2O5. The van der Waals surface area contributed by atoms with Gasteiger partial charge in [0.25, 0.3) is 11.8 Å². The van der Waals surface area contributed by atoms with Crippen molar-refractivity contribution in [1.82, 2.24) is 4.90 Å². The van der Waals surface area contributed by atoms with E-state index >= 15 is 0 Å². The molecule has 0 aromatic heterocycles. The first-order chi connectivity index (χ1) is 13.9. The molecule has 7 nitrogen and oxygen atoms in total. The minimum Gasteiger partial charge on any atom is -0.452 e. The summed E-state index contributed by atoms with van der Waals surface area (Å²) in [7, 11) is 0. The van der Waals surface area contributed by atoms with Crippen LogP contribution in [-0.2, 0) is 14.3 Å². The number of esters is 1. The molecule has 1 heterocycles. The van der Waals surface area contributed by atoms with Crippen LogP contribution >= 0.6 is 11.6 Å². The van der Waals surface area contributed by atoms with E-state index in [-0.39, 0.29) is 30.1 Å². The van der Waals surface area contributed by atoms with Gasteiger partial charge in [-0.2, -0.15) is 0 Å². The molecule has 1 aliphatic rings. The van der Waals surface area contributed by atoms with Crippen molar-refractivity contribution in [2.45, 2.75) is 13.0 Å². The highest BCUT2D eigenvalue weighted by atomic mass is 35.5. The number of benzene rings is 2. The van der Waals surface area contributed by atoms with Crippen LogP contribution in [0.1, 0.15) is 27.6 Å². The number of anilines is 1. The molecule has 0 radical (unpaired) electrons. The molecule has 2 amide bonds. The normalized spacial score (nSPS) is 16.2. The summed E-state index contributed by atoms with van der Waals surface area (Å²) in [5.41, 5.74) is 0.858. The second-order valence-electron chi connectivity index (χ2n) is 6.60. The number of hydrogen-bond donors (Lipinski definition) is 1. The monoisotopic (exact) mass is 416 g/mol. The Morgan fingerprint density at radius 1 is 1.17 bits per heavy atom. The summed E-state index contributed by atoms with van der Waals surface area (Å²) in [6, 6.07) is 12.8. The highest BCUT2D eigenvalue weighted by Crippen LogP contribution is 2.18. The Balaban J connectivity index is 1.63. The lowest BCUT2D eigenvalue weighted by molar-refractivity contribution is -0.141. The van der Waals surface area contributed by atoms with Gasteiger partial charge in [0.15, 0.2) is 6.61 Å². The molecule has 0 aliphatic carbocycles. The van der Waals surface area contributed by atoms with Crippen LogP contribution in [0, 0.1) is 0 Å². The Labute approximate surface area is 173 Å².